The van der Waals surface area contributed by atoms with Crippen molar-refractivity contribution in [2.75, 3.05) is 19.0 Å². The number of nitrogens with one attached hydrogen (secondary N) is 1. The molecule has 11 nitrogen and oxygen atoms in total. The molecule has 0 bridgehead atoms. The highest BCUT2D eigenvalue weighted by molar-refractivity contribution is 5.97. The first kappa shape index (κ1) is 24.5. The lowest BCUT2D eigenvalue weighted by Crippen LogP contribution is -2.51. The highest BCUT2D eigenvalue weighted by Crippen LogP contribution is 2.16. The zero-order valence-electron chi connectivity index (χ0n) is 15.7. The van der Waals surface area contributed by atoms with Gasteiger partial charge in [-0.05, 0) is 25.1 Å². The van der Waals surface area contributed by atoms with Crippen molar-refractivity contribution in [1.82, 2.24) is 15.0 Å². The van der Waals surface area contributed by atoms with Gasteiger partial charge < -0.3 is 26.0 Å². The summed E-state index contributed by atoms with van der Waals surface area (Å²) in [6, 6.07) is 6.70. The van der Waals surface area contributed by atoms with Crippen molar-refractivity contribution in [1.29, 1.82) is 0 Å². The molecule has 1 amide bonds. The summed E-state index contributed by atoms with van der Waals surface area (Å²) < 4.78 is 37.7. The number of rotatable bonds is 5. The van der Waals surface area contributed by atoms with Gasteiger partial charge in [0, 0.05) is 5.69 Å². The Labute approximate surface area is 167 Å². The Morgan fingerprint density at radius 1 is 1.30 bits per heavy atom. The number of aliphatic hydroxyl groups excluding tert-OH is 1. The smallest absolute Gasteiger partial charge is 0.475 e. The molecule has 1 aromatic carbocycles. The molecular formula is C16H18F3N5O6. The third kappa shape index (κ3) is 6.82. The fourth-order valence-corrected chi connectivity index (χ4v) is 1.66. The van der Waals surface area contributed by atoms with E-state index in [1.54, 1.807) is 24.3 Å². The zero-order valence-corrected chi connectivity index (χ0v) is 15.7. The maximum Gasteiger partial charge on any atom is 0.490 e. The number of aliphatic carboxylic acids is 1. The average Bonchev–Trinajstić information content (AvgIpc) is 3.17. The number of anilines is 1. The Morgan fingerprint density at radius 3 is 2.40 bits per heavy atom. The highest BCUT2D eigenvalue weighted by atomic mass is 19.4. The van der Waals surface area contributed by atoms with E-state index in [1.807, 2.05) is 0 Å². The number of aliphatic hydroxyl groups is 1. The second-order valence-corrected chi connectivity index (χ2v) is 5.92. The zero-order chi connectivity index (χ0) is 23.1. The number of aromatic nitrogens is 3. The van der Waals surface area contributed by atoms with Gasteiger partial charge in [-0.15, -0.1) is 5.10 Å². The molecule has 1 aromatic heterocycles. The summed E-state index contributed by atoms with van der Waals surface area (Å²) in [5.74, 6) is -3.87. The number of ether oxygens (including phenoxy) is 1. The molecular weight excluding hydrogens is 415 g/mol. The van der Waals surface area contributed by atoms with E-state index >= 15 is 0 Å². The minimum absolute atomic E-state index is 0.0664. The van der Waals surface area contributed by atoms with Crippen molar-refractivity contribution in [3.8, 4) is 5.69 Å². The predicted molar refractivity (Wildman–Crippen MR) is 94.7 cm³/mol. The third-order valence-corrected chi connectivity index (χ3v) is 3.35. The maximum atomic E-state index is 12.0. The number of alkyl halides is 3. The Morgan fingerprint density at radius 2 is 1.90 bits per heavy atom. The number of carbonyl (C=O) groups excluding carboxylic acids is 2. The number of carboxylic acid groups (broad SMARTS) is 1. The summed E-state index contributed by atoms with van der Waals surface area (Å²) in [5.41, 5.74) is 5.39. The van der Waals surface area contributed by atoms with Crippen molar-refractivity contribution in [3.05, 3.63) is 36.2 Å². The lowest BCUT2D eigenvalue weighted by Gasteiger charge is -2.20. The molecule has 0 aliphatic rings. The van der Waals surface area contributed by atoms with Gasteiger partial charge in [-0.25, -0.2) is 14.3 Å². The molecule has 5 N–H and O–H groups in total. The summed E-state index contributed by atoms with van der Waals surface area (Å²) in [4.78, 5) is 32.2. The van der Waals surface area contributed by atoms with E-state index in [-0.39, 0.29) is 5.69 Å². The molecule has 1 heterocycles. The lowest BCUT2D eigenvalue weighted by molar-refractivity contribution is -0.192. The van der Waals surface area contributed by atoms with Crippen LogP contribution in [0.3, 0.4) is 0 Å². The van der Waals surface area contributed by atoms with Gasteiger partial charge in [-0.2, -0.15) is 13.2 Å². The summed E-state index contributed by atoms with van der Waals surface area (Å²) in [6.07, 6.45) is -3.67. The first-order valence-corrected chi connectivity index (χ1v) is 7.94. The number of hydrogen-bond donors (Lipinski definition) is 4. The molecule has 1 atom stereocenters. The number of halogens is 3. The monoisotopic (exact) mass is 433 g/mol. The first-order chi connectivity index (χ1) is 13.8. The minimum atomic E-state index is -5.08. The fourth-order valence-electron chi connectivity index (χ4n) is 1.66. The first-order valence-electron chi connectivity index (χ1n) is 7.94. The molecule has 1 unspecified atom stereocenters. The fraction of sp³-hybridized carbons (Fsp3) is 0.312. The standard InChI is InChI=1S/C14H17N5O4.C2HF3O2/c1-14(15,8-20)13(22)16-9-4-3-5-10(6-9)19-7-11(17-18-19)12(21)23-2;3-2(4,5)1(6)7/h3-7,20H,8,15H2,1-2H3,(H,16,22);(H,6,7). The number of nitrogens with zero attached hydrogens (tertiary/aromatic N) is 3. The van der Waals surface area contributed by atoms with Crippen LogP contribution in [-0.2, 0) is 14.3 Å². The van der Waals surface area contributed by atoms with E-state index in [4.69, 9.17) is 20.7 Å². The lowest BCUT2D eigenvalue weighted by atomic mass is 10.0. The van der Waals surface area contributed by atoms with Crippen molar-refractivity contribution < 1.29 is 42.5 Å². The summed E-state index contributed by atoms with van der Waals surface area (Å²) >= 11 is 0. The van der Waals surface area contributed by atoms with Crippen LogP contribution in [0.25, 0.3) is 5.69 Å². The summed E-state index contributed by atoms with van der Waals surface area (Å²) in [7, 11) is 1.25. The molecule has 0 saturated carbocycles. The molecule has 0 radical (unpaired) electrons. The molecule has 0 aliphatic heterocycles. The normalized spacial score (nSPS) is 12.8. The van der Waals surface area contributed by atoms with Crippen molar-refractivity contribution in [3.63, 3.8) is 0 Å². The second-order valence-electron chi connectivity index (χ2n) is 5.92. The number of carboxylic acids is 1. The number of esters is 1. The van der Waals surface area contributed by atoms with E-state index in [0.29, 0.717) is 11.4 Å². The number of benzene rings is 1. The largest absolute Gasteiger partial charge is 0.490 e. The van der Waals surface area contributed by atoms with E-state index < -0.39 is 36.2 Å². The van der Waals surface area contributed by atoms with Crippen molar-refractivity contribution in [2.45, 2.75) is 18.6 Å². The maximum absolute atomic E-state index is 12.0. The third-order valence-electron chi connectivity index (χ3n) is 3.35. The van der Waals surface area contributed by atoms with Crippen LogP contribution >= 0.6 is 0 Å². The van der Waals surface area contributed by atoms with E-state index in [2.05, 4.69) is 20.4 Å². The number of carbonyl (C=O) groups is 3. The van der Waals surface area contributed by atoms with Crippen LogP contribution in [0.5, 0.6) is 0 Å². The highest BCUT2D eigenvalue weighted by Gasteiger charge is 2.38. The van der Waals surface area contributed by atoms with Gasteiger partial charge in [0.1, 0.15) is 5.54 Å². The molecule has 164 valence electrons. The van der Waals surface area contributed by atoms with Gasteiger partial charge in [0.25, 0.3) is 0 Å². The van der Waals surface area contributed by atoms with Gasteiger partial charge in [0.05, 0.1) is 25.6 Å². The predicted octanol–water partition coefficient (Wildman–Crippen LogP) is 0.335. The minimum Gasteiger partial charge on any atom is -0.475 e. The Bertz CT molecular complexity index is 913. The molecule has 2 rings (SSSR count). The van der Waals surface area contributed by atoms with Crippen molar-refractivity contribution >= 4 is 23.5 Å². The van der Waals surface area contributed by atoms with Gasteiger partial charge in [-0.3, -0.25) is 4.79 Å². The molecule has 14 heteroatoms. The van der Waals surface area contributed by atoms with Crippen LogP contribution in [0.4, 0.5) is 18.9 Å². The molecule has 0 aliphatic carbocycles. The molecule has 2 aromatic rings. The number of hydrogen-bond acceptors (Lipinski definition) is 8. The summed E-state index contributed by atoms with van der Waals surface area (Å²) in [5, 5.41) is 26.4. The van der Waals surface area contributed by atoms with Crippen LogP contribution in [0.15, 0.2) is 30.5 Å². The van der Waals surface area contributed by atoms with Gasteiger partial charge in [-0.1, -0.05) is 11.3 Å². The average molecular weight is 433 g/mol. The van der Waals surface area contributed by atoms with E-state index in [0.717, 1.165) is 0 Å². The number of amides is 1. The molecule has 30 heavy (non-hydrogen) atoms. The van der Waals surface area contributed by atoms with E-state index in [9.17, 15) is 22.8 Å². The van der Waals surface area contributed by atoms with Crippen LogP contribution in [0, 0.1) is 0 Å². The van der Waals surface area contributed by atoms with Crippen molar-refractivity contribution in [2.24, 2.45) is 5.73 Å². The van der Waals surface area contributed by atoms with E-state index in [1.165, 1.54) is 24.9 Å². The molecule has 0 spiro atoms. The number of methoxy groups -OCH3 is 1. The second kappa shape index (κ2) is 9.80. The SMILES string of the molecule is COC(=O)c1cn(-c2cccc(NC(=O)C(C)(N)CO)c2)nn1.O=C(O)C(F)(F)F. The molecule has 0 saturated heterocycles. The van der Waals surface area contributed by atoms with Crippen LogP contribution in [0.1, 0.15) is 17.4 Å². The van der Waals surface area contributed by atoms with Crippen LogP contribution < -0.4 is 11.1 Å². The van der Waals surface area contributed by atoms with Crippen LogP contribution in [0.2, 0.25) is 0 Å². The van der Waals surface area contributed by atoms with Gasteiger partial charge >= 0.3 is 18.1 Å². The topological polar surface area (TPSA) is 170 Å². The Balaban J connectivity index is 0.000000553. The van der Waals surface area contributed by atoms with Gasteiger partial charge in [0.2, 0.25) is 5.91 Å². The Hall–Kier alpha value is -3.52. The quantitative estimate of drug-likeness (QED) is 0.485. The van der Waals surface area contributed by atoms with Gasteiger partial charge in [0.15, 0.2) is 5.69 Å². The van der Waals surface area contributed by atoms with Crippen LogP contribution in [-0.4, -0.2) is 68.5 Å². The number of nitrogens with two attached hydrogens (primary N) is 1. The summed E-state index contributed by atoms with van der Waals surface area (Å²) in [6.45, 7) is 0.941. The Kier molecular flexibility index (Phi) is 8.01. The molecule has 0 fully saturated rings.